The standard InChI is InChI=1S/C27H23ClN2O3S/c1-15-7-5-8-16(2)24(15)29-27-30(25-17(3)9-6-10-18(25)4)26(31)23(34-27)12-19-11-21-22(13-20(19)28)33-14-32-21/h5-13H,14H2,1-4H3/b23-12-,29-27?. The highest BCUT2D eigenvalue weighted by atomic mass is 35.5. The minimum absolute atomic E-state index is 0.138. The molecule has 0 bridgehead atoms. The number of hydrogen-bond donors (Lipinski definition) is 0. The Labute approximate surface area is 208 Å². The van der Waals surface area contributed by atoms with Gasteiger partial charge in [-0.15, -0.1) is 0 Å². The molecular weight excluding hydrogens is 468 g/mol. The fraction of sp³-hybridized carbons (Fsp3) is 0.185. The third kappa shape index (κ3) is 3.97. The number of amides is 1. The molecular formula is C27H23ClN2O3S. The lowest BCUT2D eigenvalue weighted by molar-refractivity contribution is -0.113. The molecule has 1 amide bonds. The van der Waals surface area contributed by atoms with Crippen molar-refractivity contribution >= 4 is 51.9 Å². The molecule has 0 saturated carbocycles. The molecule has 2 aliphatic heterocycles. The number of ether oxygens (including phenoxy) is 2. The Morgan fingerprint density at radius 3 is 2.18 bits per heavy atom. The van der Waals surface area contributed by atoms with Gasteiger partial charge in [0.2, 0.25) is 6.79 Å². The van der Waals surface area contributed by atoms with Crippen molar-refractivity contribution in [2.24, 2.45) is 4.99 Å². The van der Waals surface area contributed by atoms with E-state index in [1.807, 2.05) is 64.1 Å². The maximum Gasteiger partial charge on any atom is 0.271 e. The minimum atomic E-state index is -0.138. The molecule has 0 aliphatic carbocycles. The molecule has 34 heavy (non-hydrogen) atoms. The van der Waals surface area contributed by atoms with Crippen LogP contribution in [0, 0.1) is 27.7 Å². The average molecular weight is 491 g/mol. The number of aliphatic imine (C=N–C) groups is 1. The van der Waals surface area contributed by atoms with Crippen LogP contribution >= 0.6 is 23.4 Å². The van der Waals surface area contributed by atoms with Crippen LogP contribution in [0.1, 0.15) is 27.8 Å². The molecule has 3 aromatic carbocycles. The molecule has 3 aromatic rings. The van der Waals surface area contributed by atoms with E-state index in [4.69, 9.17) is 26.1 Å². The number of fused-ring (bicyclic) bond motifs is 1. The van der Waals surface area contributed by atoms with E-state index in [2.05, 4.69) is 0 Å². The maximum absolute atomic E-state index is 13.8. The van der Waals surface area contributed by atoms with E-state index in [1.165, 1.54) is 11.8 Å². The summed E-state index contributed by atoms with van der Waals surface area (Å²) in [6.07, 6.45) is 1.80. The van der Waals surface area contributed by atoms with Crippen molar-refractivity contribution in [2.45, 2.75) is 27.7 Å². The van der Waals surface area contributed by atoms with E-state index in [0.717, 1.165) is 33.6 Å². The normalized spacial score (nSPS) is 17.3. The van der Waals surface area contributed by atoms with Crippen LogP contribution < -0.4 is 14.4 Å². The quantitative estimate of drug-likeness (QED) is 0.367. The number of carbonyl (C=O) groups excluding carboxylic acids is 1. The summed E-state index contributed by atoms with van der Waals surface area (Å²) in [5, 5.41) is 1.10. The summed E-state index contributed by atoms with van der Waals surface area (Å²) in [5.41, 5.74) is 6.53. The lowest BCUT2D eigenvalue weighted by atomic mass is 10.1. The van der Waals surface area contributed by atoms with E-state index in [0.29, 0.717) is 32.2 Å². The smallest absolute Gasteiger partial charge is 0.271 e. The molecule has 0 spiro atoms. The maximum atomic E-state index is 13.8. The second-order valence-corrected chi connectivity index (χ2v) is 9.77. The number of carbonyl (C=O) groups is 1. The van der Waals surface area contributed by atoms with Crippen molar-refractivity contribution in [2.75, 3.05) is 11.7 Å². The van der Waals surface area contributed by atoms with Crippen LogP contribution in [0.5, 0.6) is 11.5 Å². The fourth-order valence-corrected chi connectivity index (χ4v) is 5.34. The monoisotopic (exact) mass is 490 g/mol. The zero-order valence-electron chi connectivity index (χ0n) is 19.3. The number of nitrogens with zero attached hydrogens (tertiary/aromatic N) is 2. The van der Waals surface area contributed by atoms with Crippen LogP contribution in [0.2, 0.25) is 5.02 Å². The number of anilines is 1. The van der Waals surface area contributed by atoms with Crippen LogP contribution in [0.4, 0.5) is 11.4 Å². The van der Waals surface area contributed by atoms with Crippen LogP contribution in [0.3, 0.4) is 0 Å². The molecule has 1 fully saturated rings. The molecule has 7 heteroatoms. The zero-order valence-corrected chi connectivity index (χ0v) is 20.9. The summed E-state index contributed by atoms with van der Waals surface area (Å²) in [4.78, 5) is 21.0. The summed E-state index contributed by atoms with van der Waals surface area (Å²) in [5.74, 6) is 1.08. The van der Waals surface area contributed by atoms with Crippen molar-refractivity contribution in [3.05, 3.63) is 86.3 Å². The number of rotatable bonds is 3. The third-order valence-electron chi connectivity index (χ3n) is 5.89. The number of thioether (sulfide) groups is 1. The molecule has 5 rings (SSSR count). The van der Waals surface area contributed by atoms with E-state index in [-0.39, 0.29) is 12.7 Å². The second kappa shape index (κ2) is 8.85. The second-order valence-electron chi connectivity index (χ2n) is 8.35. The van der Waals surface area contributed by atoms with Crippen LogP contribution in [-0.4, -0.2) is 17.9 Å². The first-order valence-electron chi connectivity index (χ1n) is 10.9. The Balaban J connectivity index is 1.66. The van der Waals surface area contributed by atoms with Crippen molar-refractivity contribution in [1.82, 2.24) is 0 Å². The predicted molar refractivity (Wildman–Crippen MR) is 140 cm³/mol. The van der Waals surface area contributed by atoms with Gasteiger partial charge in [0.25, 0.3) is 5.91 Å². The summed E-state index contributed by atoms with van der Waals surface area (Å²) < 4.78 is 10.9. The van der Waals surface area contributed by atoms with Crippen molar-refractivity contribution < 1.29 is 14.3 Å². The number of para-hydroxylation sites is 2. The average Bonchev–Trinajstić information content (AvgIpc) is 3.36. The van der Waals surface area contributed by atoms with Gasteiger partial charge in [0.1, 0.15) is 0 Å². The number of halogens is 1. The van der Waals surface area contributed by atoms with E-state index < -0.39 is 0 Å². The highest BCUT2D eigenvalue weighted by Crippen LogP contribution is 2.43. The first-order chi connectivity index (χ1) is 16.3. The van der Waals surface area contributed by atoms with Gasteiger partial charge in [-0.1, -0.05) is 48.0 Å². The summed E-state index contributed by atoms with van der Waals surface area (Å²) in [6, 6.07) is 15.6. The van der Waals surface area contributed by atoms with Gasteiger partial charge in [0.15, 0.2) is 16.7 Å². The molecule has 2 aliphatic rings. The van der Waals surface area contributed by atoms with Gasteiger partial charge >= 0.3 is 0 Å². The van der Waals surface area contributed by atoms with Gasteiger partial charge in [-0.05, 0) is 79.4 Å². The Morgan fingerprint density at radius 1 is 0.941 bits per heavy atom. The molecule has 0 N–H and O–H groups in total. The highest BCUT2D eigenvalue weighted by molar-refractivity contribution is 8.19. The number of aryl methyl sites for hydroxylation is 4. The highest BCUT2D eigenvalue weighted by Gasteiger charge is 2.36. The minimum Gasteiger partial charge on any atom is -0.454 e. The summed E-state index contributed by atoms with van der Waals surface area (Å²) in [6.45, 7) is 8.23. The molecule has 1 saturated heterocycles. The molecule has 0 aromatic heterocycles. The van der Waals surface area contributed by atoms with E-state index in [1.54, 1.807) is 23.1 Å². The lowest BCUT2D eigenvalue weighted by Crippen LogP contribution is -2.30. The van der Waals surface area contributed by atoms with Crippen LogP contribution in [0.15, 0.2) is 58.4 Å². The molecule has 172 valence electrons. The molecule has 5 nitrogen and oxygen atoms in total. The first kappa shape index (κ1) is 22.6. The summed E-state index contributed by atoms with van der Waals surface area (Å²) >= 11 is 7.85. The van der Waals surface area contributed by atoms with Gasteiger partial charge in [-0.3, -0.25) is 9.69 Å². The largest absolute Gasteiger partial charge is 0.454 e. The Hall–Kier alpha value is -3.22. The van der Waals surface area contributed by atoms with Gasteiger partial charge in [0, 0.05) is 6.07 Å². The lowest BCUT2D eigenvalue weighted by Gasteiger charge is -2.21. The molecule has 2 heterocycles. The Bertz CT molecular complexity index is 1360. The summed E-state index contributed by atoms with van der Waals surface area (Å²) in [7, 11) is 0. The Kier molecular flexibility index (Phi) is 5.88. The molecule has 0 atom stereocenters. The van der Waals surface area contributed by atoms with E-state index in [9.17, 15) is 4.79 Å². The van der Waals surface area contributed by atoms with Crippen LogP contribution in [-0.2, 0) is 4.79 Å². The van der Waals surface area contributed by atoms with Crippen molar-refractivity contribution in [3.8, 4) is 11.5 Å². The predicted octanol–water partition coefficient (Wildman–Crippen LogP) is 7.11. The molecule has 0 unspecified atom stereocenters. The van der Waals surface area contributed by atoms with Crippen molar-refractivity contribution in [1.29, 1.82) is 0 Å². The number of hydrogen-bond acceptors (Lipinski definition) is 5. The SMILES string of the molecule is Cc1cccc(C)c1N=C1S/C(=C\c2cc3c(cc2Cl)OCO3)C(=O)N1c1c(C)cccc1C. The van der Waals surface area contributed by atoms with E-state index >= 15 is 0 Å². The number of amidine groups is 1. The van der Waals surface area contributed by atoms with Crippen molar-refractivity contribution in [3.63, 3.8) is 0 Å². The Morgan fingerprint density at radius 2 is 1.53 bits per heavy atom. The molecule has 0 radical (unpaired) electrons. The first-order valence-corrected chi connectivity index (χ1v) is 12.1. The zero-order chi connectivity index (χ0) is 24.0. The van der Waals surface area contributed by atoms with Crippen LogP contribution in [0.25, 0.3) is 6.08 Å². The van der Waals surface area contributed by atoms with Gasteiger partial charge in [0.05, 0.1) is 21.3 Å². The topological polar surface area (TPSA) is 51.1 Å². The van der Waals surface area contributed by atoms with Gasteiger partial charge < -0.3 is 9.47 Å². The third-order valence-corrected chi connectivity index (χ3v) is 7.19. The number of benzene rings is 3. The fourth-order valence-electron chi connectivity index (χ4n) is 4.17. The van der Waals surface area contributed by atoms with Gasteiger partial charge in [-0.25, -0.2) is 4.99 Å². The van der Waals surface area contributed by atoms with Gasteiger partial charge in [-0.2, -0.15) is 0 Å².